The first-order valence-electron chi connectivity index (χ1n) is 9.11. The van der Waals surface area contributed by atoms with Crippen molar-refractivity contribution in [1.82, 2.24) is 10.2 Å². The van der Waals surface area contributed by atoms with Gasteiger partial charge in [-0.25, -0.2) is 0 Å². The summed E-state index contributed by atoms with van der Waals surface area (Å²) in [6.07, 6.45) is 1.38. The van der Waals surface area contributed by atoms with Gasteiger partial charge >= 0.3 is 0 Å². The zero-order valence-electron chi connectivity index (χ0n) is 15.4. The number of hydrogen-bond acceptors (Lipinski definition) is 4. The molecule has 1 aliphatic heterocycles. The summed E-state index contributed by atoms with van der Waals surface area (Å²) in [7, 11) is 1.64. The third-order valence-corrected chi connectivity index (χ3v) is 4.63. The summed E-state index contributed by atoms with van der Waals surface area (Å²) in [6, 6.07) is 16.7. The number of benzene rings is 2. The van der Waals surface area contributed by atoms with Gasteiger partial charge in [-0.3, -0.25) is 9.59 Å². The molecule has 3 rings (SSSR count). The molecular weight excluding hydrogens is 344 g/mol. The number of carbonyl (C=O) groups is 2. The number of nitrogens with zero attached hydrogens (tertiary/aromatic N) is 1. The molecule has 0 unspecified atom stereocenters. The number of likely N-dealkylation sites (tertiary alicyclic amines) is 1. The van der Waals surface area contributed by atoms with Gasteiger partial charge in [0.05, 0.1) is 0 Å². The number of rotatable bonds is 6. The zero-order valence-corrected chi connectivity index (χ0v) is 15.4. The van der Waals surface area contributed by atoms with E-state index in [1.807, 2.05) is 42.5 Å². The number of para-hydroxylation sites is 1. The van der Waals surface area contributed by atoms with Crippen LogP contribution in [-0.2, 0) is 9.59 Å². The van der Waals surface area contributed by atoms with Crippen LogP contribution in [0.2, 0.25) is 0 Å². The van der Waals surface area contributed by atoms with Gasteiger partial charge in [0.25, 0.3) is 5.91 Å². The molecule has 0 aromatic heterocycles. The normalized spacial score (nSPS) is 14.5. The van der Waals surface area contributed by atoms with E-state index >= 15 is 0 Å². The number of hydrogen-bond donors (Lipinski definition) is 1. The average Bonchev–Trinajstić information content (AvgIpc) is 2.73. The van der Waals surface area contributed by atoms with Crippen molar-refractivity contribution in [2.45, 2.75) is 12.8 Å². The topological polar surface area (TPSA) is 67.9 Å². The van der Waals surface area contributed by atoms with Gasteiger partial charge in [-0.2, -0.15) is 0 Å². The maximum atomic E-state index is 12.3. The average molecular weight is 368 g/mol. The number of piperidine rings is 1. The van der Waals surface area contributed by atoms with Crippen molar-refractivity contribution in [3.8, 4) is 17.2 Å². The Kier molecular flexibility index (Phi) is 6.30. The quantitative estimate of drug-likeness (QED) is 0.851. The Labute approximate surface area is 159 Å². The Balaban J connectivity index is 1.44. The molecular formula is C21H24N2O4. The van der Waals surface area contributed by atoms with E-state index in [9.17, 15) is 9.59 Å². The molecule has 1 N–H and O–H groups in total. The van der Waals surface area contributed by atoms with Gasteiger partial charge in [-0.05, 0) is 49.2 Å². The summed E-state index contributed by atoms with van der Waals surface area (Å²) < 4.78 is 11.3. The predicted octanol–water partition coefficient (Wildman–Crippen LogP) is 2.84. The standard InChI is InChI=1S/C21H24N2O4/c1-22-21(25)16-11-13-23(14-12-16)20(24)15-26-17-7-9-19(10-8-17)27-18-5-3-2-4-6-18/h2-10,16H,11-15H2,1H3,(H,22,25). The Morgan fingerprint density at radius 3 is 2.19 bits per heavy atom. The summed E-state index contributed by atoms with van der Waals surface area (Å²) >= 11 is 0. The van der Waals surface area contributed by atoms with Gasteiger partial charge in [0.2, 0.25) is 5.91 Å². The van der Waals surface area contributed by atoms with Crippen molar-refractivity contribution in [3.63, 3.8) is 0 Å². The number of amides is 2. The first-order valence-corrected chi connectivity index (χ1v) is 9.11. The fourth-order valence-electron chi connectivity index (χ4n) is 3.06. The number of nitrogens with one attached hydrogen (secondary N) is 1. The summed E-state index contributed by atoms with van der Waals surface area (Å²) in [5.41, 5.74) is 0. The molecule has 1 heterocycles. The second kappa shape index (κ2) is 9.07. The summed E-state index contributed by atoms with van der Waals surface area (Å²) in [4.78, 5) is 25.7. The lowest BCUT2D eigenvalue weighted by Gasteiger charge is -2.31. The second-order valence-electron chi connectivity index (χ2n) is 6.44. The highest BCUT2D eigenvalue weighted by atomic mass is 16.5. The molecule has 0 bridgehead atoms. The molecule has 0 spiro atoms. The third kappa shape index (κ3) is 5.23. The van der Waals surface area contributed by atoms with E-state index in [1.165, 1.54) is 0 Å². The summed E-state index contributed by atoms with van der Waals surface area (Å²) in [5, 5.41) is 2.67. The van der Waals surface area contributed by atoms with Crippen molar-refractivity contribution in [2.24, 2.45) is 5.92 Å². The molecule has 0 radical (unpaired) electrons. The van der Waals surface area contributed by atoms with Crippen LogP contribution in [0.4, 0.5) is 0 Å². The van der Waals surface area contributed by atoms with Gasteiger partial charge in [-0.1, -0.05) is 18.2 Å². The highest BCUT2D eigenvalue weighted by Gasteiger charge is 2.26. The SMILES string of the molecule is CNC(=O)C1CCN(C(=O)COc2ccc(Oc3ccccc3)cc2)CC1. The van der Waals surface area contributed by atoms with E-state index in [0.717, 1.165) is 5.75 Å². The van der Waals surface area contributed by atoms with Crippen LogP contribution in [-0.4, -0.2) is 43.5 Å². The molecule has 1 fully saturated rings. The maximum Gasteiger partial charge on any atom is 0.260 e. The molecule has 0 atom stereocenters. The van der Waals surface area contributed by atoms with Crippen LogP contribution in [0.25, 0.3) is 0 Å². The molecule has 0 aliphatic carbocycles. The molecule has 1 aliphatic rings. The van der Waals surface area contributed by atoms with Crippen LogP contribution in [0.5, 0.6) is 17.2 Å². The lowest BCUT2D eigenvalue weighted by molar-refractivity contribution is -0.137. The lowest BCUT2D eigenvalue weighted by atomic mass is 9.96. The Morgan fingerprint density at radius 1 is 0.963 bits per heavy atom. The third-order valence-electron chi connectivity index (χ3n) is 4.63. The van der Waals surface area contributed by atoms with Gasteiger partial charge in [0.15, 0.2) is 6.61 Å². The monoisotopic (exact) mass is 368 g/mol. The zero-order chi connectivity index (χ0) is 19.1. The molecule has 2 aromatic rings. The number of ether oxygens (including phenoxy) is 2. The van der Waals surface area contributed by atoms with Crippen molar-refractivity contribution < 1.29 is 19.1 Å². The van der Waals surface area contributed by atoms with Crippen LogP contribution in [0.3, 0.4) is 0 Å². The Bertz CT molecular complexity index is 754. The van der Waals surface area contributed by atoms with Gasteiger partial charge in [0, 0.05) is 26.1 Å². The van der Waals surface area contributed by atoms with Crippen molar-refractivity contribution in [3.05, 3.63) is 54.6 Å². The van der Waals surface area contributed by atoms with Crippen molar-refractivity contribution in [2.75, 3.05) is 26.7 Å². The van der Waals surface area contributed by atoms with Crippen molar-refractivity contribution in [1.29, 1.82) is 0 Å². The second-order valence-corrected chi connectivity index (χ2v) is 6.44. The summed E-state index contributed by atoms with van der Waals surface area (Å²) in [5.74, 6) is 2.07. The van der Waals surface area contributed by atoms with Crippen LogP contribution in [0.1, 0.15) is 12.8 Å². The smallest absolute Gasteiger partial charge is 0.260 e. The van der Waals surface area contributed by atoms with Crippen LogP contribution < -0.4 is 14.8 Å². The fraction of sp³-hybridized carbons (Fsp3) is 0.333. The molecule has 6 nitrogen and oxygen atoms in total. The number of carbonyl (C=O) groups excluding carboxylic acids is 2. The molecule has 6 heteroatoms. The van der Waals surface area contributed by atoms with E-state index < -0.39 is 0 Å². The summed E-state index contributed by atoms with van der Waals surface area (Å²) in [6.45, 7) is 1.16. The minimum atomic E-state index is -0.0602. The predicted molar refractivity (Wildman–Crippen MR) is 102 cm³/mol. The minimum Gasteiger partial charge on any atom is -0.484 e. The first-order chi connectivity index (χ1) is 13.2. The van der Waals surface area contributed by atoms with Gasteiger partial charge in [0.1, 0.15) is 17.2 Å². The maximum absolute atomic E-state index is 12.3. The van der Waals surface area contributed by atoms with E-state index in [1.54, 1.807) is 24.1 Å². The molecule has 1 saturated heterocycles. The molecule has 2 amide bonds. The molecule has 2 aromatic carbocycles. The van der Waals surface area contributed by atoms with E-state index in [2.05, 4.69) is 5.32 Å². The first kappa shape index (κ1) is 18.8. The molecule has 27 heavy (non-hydrogen) atoms. The fourth-order valence-corrected chi connectivity index (χ4v) is 3.06. The van der Waals surface area contributed by atoms with Crippen LogP contribution >= 0.6 is 0 Å². The lowest BCUT2D eigenvalue weighted by Crippen LogP contribution is -2.44. The van der Waals surface area contributed by atoms with E-state index in [0.29, 0.717) is 37.4 Å². The largest absolute Gasteiger partial charge is 0.484 e. The highest BCUT2D eigenvalue weighted by Crippen LogP contribution is 2.23. The van der Waals surface area contributed by atoms with E-state index in [4.69, 9.17) is 9.47 Å². The van der Waals surface area contributed by atoms with Crippen LogP contribution in [0.15, 0.2) is 54.6 Å². The minimum absolute atomic E-state index is 0.00266. The Hall–Kier alpha value is -3.02. The van der Waals surface area contributed by atoms with Gasteiger partial charge in [-0.15, -0.1) is 0 Å². The van der Waals surface area contributed by atoms with Gasteiger partial charge < -0.3 is 19.7 Å². The molecule has 142 valence electrons. The Morgan fingerprint density at radius 2 is 1.56 bits per heavy atom. The van der Waals surface area contributed by atoms with Crippen molar-refractivity contribution >= 4 is 11.8 Å². The highest BCUT2D eigenvalue weighted by molar-refractivity contribution is 5.80. The molecule has 0 saturated carbocycles. The van der Waals surface area contributed by atoms with E-state index in [-0.39, 0.29) is 24.3 Å². The van der Waals surface area contributed by atoms with Crippen LogP contribution in [0, 0.1) is 5.92 Å².